The van der Waals surface area contributed by atoms with Crippen LogP contribution >= 0.6 is 0 Å². The second kappa shape index (κ2) is 5.32. The highest BCUT2D eigenvalue weighted by molar-refractivity contribution is 5.36. The third kappa shape index (κ3) is 2.20. The van der Waals surface area contributed by atoms with E-state index in [1.807, 2.05) is 19.2 Å². The molecule has 2 rings (SSSR count). The molecule has 16 heavy (non-hydrogen) atoms. The molecule has 0 radical (unpaired) electrons. The fourth-order valence-electron chi connectivity index (χ4n) is 2.49. The zero-order valence-electron chi connectivity index (χ0n) is 9.99. The van der Waals surface area contributed by atoms with Crippen molar-refractivity contribution in [3.05, 3.63) is 29.8 Å². The van der Waals surface area contributed by atoms with Gasteiger partial charge >= 0.3 is 0 Å². The van der Waals surface area contributed by atoms with Gasteiger partial charge < -0.3 is 15.4 Å². The van der Waals surface area contributed by atoms with E-state index < -0.39 is 0 Å². The van der Waals surface area contributed by atoms with Gasteiger partial charge in [-0.05, 0) is 32.5 Å². The maximum absolute atomic E-state index is 5.42. The van der Waals surface area contributed by atoms with E-state index in [2.05, 4.69) is 22.8 Å². The van der Waals surface area contributed by atoms with Crippen molar-refractivity contribution in [2.24, 2.45) is 0 Å². The Morgan fingerprint density at radius 3 is 2.88 bits per heavy atom. The van der Waals surface area contributed by atoms with Crippen molar-refractivity contribution in [2.45, 2.75) is 24.9 Å². The number of likely N-dealkylation sites (N-methyl/N-ethyl adjacent to an activating group) is 1. The molecule has 88 valence electrons. The average Bonchev–Trinajstić information content (AvgIpc) is 2.84. The minimum absolute atomic E-state index is 0.332. The van der Waals surface area contributed by atoms with Crippen LogP contribution in [0.5, 0.6) is 5.75 Å². The quantitative estimate of drug-likeness (QED) is 0.810. The molecule has 3 heteroatoms. The highest BCUT2D eigenvalue weighted by atomic mass is 16.5. The summed E-state index contributed by atoms with van der Waals surface area (Å²) in [6.07, 6.45) is 2.49. The minimum atomic E-state index is 0.332. The topological polar surface area (TPSA) is 33.3 Å². The van der Waals surface area contributed by atoms with E-state index >= 15 is 0 Å². The van der Waals surface area contributed by atoms with Crippen LogP contribution < -0.4 is 15.4 Å². The molecule has 1 saturated heterocycles. The Bertz CT molecular complexity index is 334. The minimum Gasteiger partial charge on any atom is -0.496 e. The van der Waals surface area contributed by atoms with Crippen LogP contribution in [0.25, 0.3) is 0 Å². The first-order chi connectivity index (χ1) is 7.86. The van der Waals surface area contributed by atoms with E-state index in [1.54, 1.807) is 7.11 Å². The van der Waals surface area contributed by atoms with Crippen molar-refractivity contribution >= 4 is 0 Å². The SMILES string of the molecule is CNC(c1ccccc1OC)C1CCCN1. The first-order valence-electron chi connectivity index (χ1n) is 5.90. The van der Waals surface area contributed by atoms with Gasteiger partial charge in [-0.1, -0.05) is 18.2 Å². The predicted molar refractivity (Wildman–Crippen MR) is 65.8 cm³/mol. The molecular formula is C13H20N2O. The Morgan fingerprint density at radius 1 is 1.44 bits per heavy atom. The van der Waals surface area contributed by atoms with Crippen molar-refractivity contribution < 1.29 is 4.74 Å². The zero-order valence-corrected chi connectivity index (χ0v) is 9.99. The highest BCUT2D eigenvalue weighted by Gasteiger charge is 2.26. The molecule has 2 atom stereocenters. The Hall–Kier alpha value is -1.06. The summed E-state index contributed by atoms with van der Waals surface area (Å²) in [7, 11) is 3.74. The van der Waals surface area contributed by atoms with Gasteiger partial charge in [-0.15, -0.1) is 0 Å². The van der Waals surface area contributed by atoms with Crippen LogP contribution in [-0.2, 0) is 0 Å². The molecule has 0 aliphatic carbocycles. The molecule has 1 fully saturated rings. The molecule has 0 bridgehead atoms. The molecule has 0 aromatic heterocycles. The molecule has 1 aliphatic heterocycles. The maximum atomic E-state index is 5.42. The van der Waals surface area contributed by atoms with Gasteiger partial charge in [0.1, 0.15) is 5.75 Å². The van der Waals surface area contributed by atoms with Crippen LogP contribution in [-0.4, -0.2) is 26.7 Å². The van der Waals surface area contributed by atoms with Gasteiger partial charge in [0.15, 0.2) is 0 Å². The van der Waals surface area contributed by atoms with E-state index in [4.69, 9.17) is 4.74 Å². The van der Waals surface area contributed by atoms with Gasteiger partial charge in [0, 0.05) is 11.6 Å². The molecule has 0 amide bonds. The Morgan fingerprint density at radius 2 is 2.25 bits per heavy atom. The Balaban J connectivity index is 2.24. The number of methoxy groups -OCH3 is 1. The third-order valence-electron chi connectivity index (χ3n) is 3.29. The van der Waals surface area contributed by atoms with Crippen LogP contribution in [0.4, 0.5) is 0 Å². The van der Waals surface area contributed by atoms with E-state index in [0.717, 1.165) is 12.3 Å². The monoisotopic (exact) mass is 220 g/mol. The first-order valence-corrected chi connectivity index (χ1v) is 5.90. The summed E-state index contributed by atoms with van der Waals surface area (Å²) >= 11 is 0. The average molecular weight is 220 g/mol. The normalized spacial score (nSPS) is 22.0. The molecule has 2 N–H and O–H groups in total. The van der Waals surface area contributed by atoms with Crippen LogP contribution in [0, 0.1) is 0 Å². The second-order valence-electron chi connectivity index (χ2n) is 4.21. The van der Waals surface area contributed by atoms with Crippen LogP contribution in [0.15, 0.2) is 24.3 Å². The van der Waals surface area contributed by atoms with Crippen molar-refractivity contribution in [2.75, 3.05) is 20.7 Å². The summed E-state index contributed by atoms with van der Waals surface area (Å²) in [6.45, 7) is 1.12. The van der Waals surface area contributed by atoms with Gasteiger partial charge in [-0.2, -0.15) is 0 Å². The lowest BCUT2D eigenvalue weighted by molar-refractivity contribution is 0.382. The van der Waals surface area contributed by atoms with Gasteiger partial charge in [0.2, 0.25) is 0 Å². The van der Waals surface area contributed by atoms with E-state index in [0.29, 0.717) is 12.1 Å². The van der Waals surface area contributed by atoms with Gasteiger partial charge in [-0.3, -0.25) is 0 Å². The number of rotatable bonds is 4. The summed E-state index contributed by atoms with van der Waals surface area (Å²) < 4.78 is 5.42. The molecule has 1 heterocycles. The highest BCUT2D eigenvalue weighted by Crippen LogP contribution is 2.29. The standard InChI is InChI=1S/C13H20N2O/c1-14-13(11-7-5-9-15-11)10-6-3-4-8-12(10)16-2/h3-4,6,8,11,13-15H,5,7,9H2,1-2H3. The maximum Gasteiger partial charge on any atom is 0.123 e. The van der Waals surface area contributed by atoms with Crippen molar-refractivity contribution in [1.29, 1.82) is 0 Å². The largest absolute Gasteiger partial charge is 0.496 e. The molecule has 2 unspecified atom stereocenters. The van der Waals surface area contributed by atoms with Crippen LogP contribution in [0.3, 0.4) is 0 Å². The Kier molecular flexibility index (Phi) is 3.80. The Labute approximate surface area is 97.2 Å². The lowest BCUT2D eigenvalue weighted by atomic mass is 9.97. The van der Waals surface area contributed by atoms with E-state index in [9.17, 15) is 0 Å². The van der Waals surface area contributed by atoms with Gasteiger partial charge in [-0.25, -0.2) is 0 Å². The van der Waals surface area contributed by atoms with Crippen molar-refractivity contribution in [1.82, 2.24) is 10.6 Å². The van der Waals surface area contributed by atoms with Crippen molar-refractivity contribution in [3.8, 4) is 5.75 Å². The molecule has 1 aromatic rings. The summed E-state index contributed by atoms with van der Waals surface area (Å²) in [5, 5.41) is 6.93. The summed E-state index contributed by atoms with van der Waals surface area (Å²) in [4.78, 5) is 0. The first kappa shape index (κ1) is 11.4. The molecule has 1 aliphatic rings. The lowest BCUT2D eigenvalue weighted by Crippen LogP contribution is -2.36. The second-order valence-corrected chi connectivity index (χ2v) is 4.21. The molecule has 0 saturated carbocycles. The van der Waals surface area contributed by atoms with Crippen molar-refractivity contribution in [3.63, 3.8) is 0 Å². The number of benzene rings is 1. The fraction of sp³-hybridized carbons (Fsp3) is 0.538. The fourth-order valence-corrected chi connectivity index (χ4v) is 2.49. The van der Waals surface area contributed by atoms with Gasteiger partial charge in [0.25, 0.3) is 0 Å². The number of hydrogen-bond acceptors (Lipinski definition) is 3. The smallest absolute Gasteiger partial charge is 0.123 e. The number of nitrogens with one attached hydrogen (secondary N) is 2. The summed E-state index contributed by atoms with van der Waals surface area (Å²) in [6, 6.07) is 9.09. The van der Waals surface area contributed by atoms with Gasteiger partial charge in [0.05, 0.1) is 13.2 Å². The number of hydrogen-bond donors (Lipinski definition) is 2. The van der Waals surface area contributed by atoms with E-state index in [1.165, 1.54) is 18.4 Å². The van der Waals surface area contributed by atoms with Crippen LogP contribution in [0.1, 0.15) is 24.4 Å². The lowest BCUT2D eigenvalue weighted by Gasteiger charge is -2.25. The van der Waals surface area contributed by atoms with E-state index in [-0.39, 0.29) is 0 Å². The summed E-state index contributed by atoms with van der Waals surface area (Å²) in [5.74, 6) is 0.968. The number of para-hydroxylation sites is 1. The zero-order chi connectivity index (χ0) is 11.4. The molecular weight excluding hydrogens is 200 g/mol. The molecule has 1 aromatic carbocycles. The van der Waals surface area contributed by atoms with Crippen LogP contribution in [0.2, 0.25) is 0 Å². The third-order valence-corrected chi connectivity index (χ3v) is 3.29. The number of ether oxygens (including phenoxy) is 1. The summed E-state index contributed by atoms with van der Waals surface area (Å²) in [5.41, 5.74) is 1.24. The predicted octanol–water partition coefficient (Wildman–Crippen LogP) is 1.71. The molecule has 0 spiro atoms. The molecule has 3 nitrogen and oxygen atoms in total.